The number of ether oxygens (including phenoxy) is 1. The number of halogens is 3. The fourth-order valence-electron chi connectivity index (χ4n) is 2.01. The van der Waals surface area contributed by atoms with Crippen molar-refractivity contribution in [3.05, 3.63) is 29.8 Å². The summed E-state index contributed by atoms with van der Waals surface area (Å²) in [5, 5.41) is 6.53. The largest absolute Gasteiger partial charge is 0.435 e. The second kappa shape index (κ2) is 9.12. The van der Waals surface area contributed by atoms with Crippen LogP contribution in [-0.4, -0.2) is 25.2 Å². The van der Waals surface area contributed by atoms with E-state index >= 15 is 0 Å². The minimum atomic E-state index is -2.81. The summed E-state index contributed by atoms with van der Waals surface area (Å²) in [6.45, 7) is 2.58. The van der Waals surface area contributed by atoms with Crippen LogP contribution in [0.25, 0.3) is 0 Å². The second-order valence-electron chi connectivity index (χ2n) is 5.18. The zero-order chi connectivity index (χ0) is 15.2. The van der Waals surface area contributed by atoms with E-state index in [2.05, 4.69) is 27.3 Å². The number of guanidine groups is 1. The molecule has 0 aromatic heterocycles. The van der Waals surface area contributed by atoms with Crippen molar-refractivity contribution in [1.82, 2.24) is 10.6 Å². The van der Waals surface area contributed by atoms with Crippen molar-refractivity contribution in [2.75, 3.05) is 6.54 Å². The van der Waals surface area contributed by atoms with E-state index in [-0.39, 0.29) is 29.7 Å². The van der Waals surface area contributed by atoms with E-state index in [1.807, 2.05) is 13.0 Å². The predicted molar refractivity (Wildman–Crippen MR) is 94.0 cm³/mol. The molecule has 2 N–H and O–H groups in total. The van der Waals surface area contributed by atoms with Crippen molar-refractivity contribution in [3.8, 4) is 5.75 Å². The third-order valence-electron chi connectivity index (χ3n) is 3.32. The first-order valence-electron chi connectivity index (χ1n) is 7.17. The Morgan fingerprint density at radius 2 is 2.18 bits per heavy atom. The lowest BCUT2D eigenvalue weighted by Crippen LogP contribution is -2.39. The van der Waals surface area contributed by atoms with E-state index in [9.17, 15) is 8.78 Å². The van der Waals surface area contributed by atoms with Crippen LogP contribution in [0.4, 0.5) is 8.78 Å². The number of hydrogen-bond acceptors (Lipinski definition) is 2. The summed E-state index contributed by atoms with van der Waals surface area (Å²) in [6.07, 6.45) is 1.15. The molecule has 1 aromatic rings. The first kappa shape index (κ1) is 18.9. The summed E-state index contributed by atoms with van der Waals surface area (Å²) < 4.78 is 28.8. The van der Waals surface area contributed by atoms with Crippen LogP contribution in [0.3, 0.4) is 0 Å². The highest BCUT2D eigenvalue weighted by Crippen LogP contribution is 2.28. The Morgan fingerprint density at radius 1 is 1.45 bits per heavy atom. The molecule has 2 atom stereocenters. The van der Waals surface area contributed by atoms with Gasteiger partial charge in [0.25, 0.3) is 0 Å². The second-order valence-corrected chi connectivity index (χ2v) is 5.18. The van der Waals surface area contributed by atoms with E-state index in [0.717, 1.165) is 24.5 Å². The number of benzene rings is 1. The van der Waals surface area contributed by atoms with Crippen molar-refractivity contribution in [2.45, 2.75) is 39.5 Å². The predicted octanol–water partition coefficient (Wildman–Crippen LogP) is 3.37. The molecule has 0 saturated heterocycles. The summed E-state index contributed by atoms with van der Waals surface area (Å²) in [5.74, 6) is 1.59. The fourth-order valence-corrected chi connectivity index (χ4v) is 2.01. The molecule has 4 nitrogen and oxygen atoms in total. The van der Waals surface area contributed by atoms with Crippen LogP contribution in [0.1, 0.15) is 25.8 Å². The Balaban J connectivity index is 0.00000242. The molecule has 1 aromatic carbocycles. The highest BCUT2D eigenvalue weighted by atomic mass is 127. The van der Waals surface area contributed by atoms with Gasteiger partial charge in [-0.15, -0.1) is 24.0 Å². The van der Waals surface area contributed by atoms with Gasteiger partial charge in [-0.3, -0.25) is 0 Å². The van der Waals surface area contributed by atoms with Crippen molar-refractivity contribution < 1.29 is 13.5 Å². The minimum absolute atomic E-state index is 0. The molecule has 2 unspecified atom stereocenters. The zero-order valence-corrected chi connectivity index (χ0v) is 15.0. The number of nitrogens with zero attached hydrogens (tertiary/aromatic N) is 1. The van der Waals surface area contributed by atoms with E-state index in [1.165, 1.54) is 6.07 Å². The maximum absolute atomic E-state index is 12.2. The summed E-state index contributed by atoms with van der Waals surface area (Å²) in [6, 6.07) is 7.10. The molecule has 0 radical (unpaired) electrons. The standard InChI is InChI=1S/C15H21F2N3O.HI/c1-3-18-15(20-13-7-10(13)2)19-9-11-5-4-6-12(8-11)21-14(16)17;/h4-6,8,10,13-14H,3,7,9H2,1-2H3,(H2,18,19,20);1H. The average molecular weight is 425 g/mol. The molecule has 1 fully saturated rings. The molecule has 1 saturated carbocycles. The SMILES string of the molecule is CCNC(=NCc1cccc(OC(F)F)c1)NC1CC1C.I. The monoisotopic (exact) mass is 425 g/mol. The Morgan fingerprint density at radius 3 is 2.77 bits per heavy atom. The van der Waals surface area contributed by atoms with Crippen LogP contribution in [0, 0.1) is 5.92 Å². The molecule has 1 aliphatic rings. The minimum Gasteiger partial charge on any atom is -0.435 e. The van der Waals surface area contributed by atoms with Gasteiger partial charge in [0.05, 0.1) is 6.54 Å². The maximum Gasteiger partial charge on any atom is 0.387 e. The van der Waals surface area contributed by atoms with Gasteiger partial charge in [0, 0.05) is 12.6 Å². The summed E-state index contributed by atoms with van der Waals surface area (Å²) in [7, 11) is 0. The third kappa shape index (κ3) is 6.33. The van der Waals surface area contributed by atoms with E-state index in [4.69, 9.17) is 0 Å². The number of aliphatic imine (C=N–C) groups is 1. The van der Waals surface area contributed by atoms with Crippen LogP contribution in [0.2, 0.25) is 0 Å². The van der Waals surface area contributed by atoms with E-state index in [1.54, 1.807) is 12.1 Å². The van der Waals surface area contributed by atoms with Crippen molar-refractivity contribution in [1.29, 1.82) is 0 Å². The summed E-state index contributed by atoms with van der Waals surface area (Å²) in [5.41, 5.74) is 0.828. The molecular formula is C15H22F2IN3O. The lowest BCUT2D eigenvalue weighted by atomic mass is 10.2. The van der Waals surface area contributed by atoms with Gasteiger partial charge in [0.2, 0.25) is 0 Å². The molecule has 7 heteroatoms. The van der Waals surface area contributed by atoms with Gasteiger partial charge in [0.15, 0.2) is 5.96 Å². The zero-order valence-electron chi connectivity index (χ0n) is 12.7. The number of hydrogen-bond donors (Lipinski definition) is 2. The topological polar surface area (TPSA) is 45.7 Å². The smallest absolute Gasteiger partial charge is 0.387 e. The normalized spacial score (nSPS) is 20.3. The maximum atomic E-state index is 12.2. The van der Waals surface area contributed by atoms with Crippen LogP contribution >= 0.6 is 24.0 Å². The quantitative estimate of drug-likeness (QED) is 0.418. The molecule has 0 heterocycles. The van der Waals surface area contributed by atoms with Crippen molar-refractivity contribution in [2.24, 2.45) is 10.9 Å². The highest BCUT2D eigenvalue weighted by Gasteiger charge is 2.33. The van der Waals surface area contributed by atoms with Gasteiger partial charge in [0.1, 0.15) is 5.75 Å². The molecule has 124 valence electrons. The first-order chi connectivity index (χ1) is 10.1. The molecule has 0 spiro atoms. The molecular weight excluding hydrogens is 403 g/mol. The van der Waals surface area contributed by atoms with Crippen LogP contribution in [0.5, 0.6) is 5.75 Å². The summed E-state index contributed by atoms with van der Waals surface area (Å²) >= 11 is 0. The fraction of sp³-hybridized carbons (Fsp3) is 0.533. The Bertz CT molecular complexity index is 499. The first-order valence-corrected chi connectivity index (χ1v) is 7.17. The van der Waals surface area contributed by atoms with E-state index in [0.29, 0.717) is 18.5 Å². The van der Waals surface area contributed by atoms with Crippen LogP contribution in [-0.2, 0) is 6.54 Å². The molecule has 1 aliphatic carbocycles. The Labute approximate surface area is 146 Å². The van der Waals surface area contributed by atoms with Gasteiger partial charge in [-0.2, -0.15) is 8.78 Å². The number of nitrogens with one attached hydrogen (secondary N) is 2. The molecule has 2 rings (SSSR count). The van der Waals surface area contributed by atoms with Gasteiger partial charge in [-0.1, -0.05) is 19.1 Å². The van der Waals surface area contributed by atoms with Crippen molar-refractivity contribution >= 4 is 29.9 Å². The van der Waals surface area contributed by atoms with Gasteiger partial charge in [-0.25, -0.2) is 4.99 Å². The van der Waals surface area contributed by atoms with Gasteiger partial charge < -0.3 is 15.4 Å². The third-order valence-corrected chi connectivity index (χ3v) is 3.32. The molecule has 22 heavy (non-hydrogen) atoms. The molecule has 0 amide bonds. The Hall–Kier alpha value is -1.12. The number of alkyl halides is 2. The number of rotatable bonds is 6. The lowest BCUT2D eigenvalue weighted by molar-refractivity contribution is -0.0498. The Kier molecular flexibility index (Phi) is 7.84. The van der Waals surface area contributed by atoms with E-state index < -0.39 is 6.61 Å². The molecule has 0 aliphatic heterocycles. The summed E-state index contributed by atoms with van der Waals surface area (Å²) in [4.78, 5) is 4.47. The van der Waals surface area contributed by atoms with Gasteiger partial charge in [-0.05, 0) is 37.0 Å². The lowest BCUT2D eigenvalue weighted by Gasteiger charge is -2.11. The average Bonchev–Trinajstić information content (AvgIpc) is 3.11. The molecule has 0 bridgehead atoms. The highest BCUT2D eigenvalue weighted by molar-refractivity contribution is 14.0. The van der Waals surface area contributed by atoms with Crippen molar-refractivity contribution in [3.63, 3.8) is 0 Å². The van der Waals surface area contributed by atoms with Crippen LogP contribution < -0.4 is 15.4 Å². The van der Waals surface area contributed by atoms with Gasteiger partial charge >= 0.3 is 6.61 Å². The van der Waals surface area contributed by atoms with Crippen LogP contribution in [0.15, 0.2) is 29.3 Å².